The molecule has 7 nitrogen and oxygen atoms in total. The third-order valence-electron chi connectivity index (χ3n) is 3.15. The number of nitrogens with zero attached hydrogens (tertiary/aromatic N) is 2. The number of non-ortho nitro benzene ring substituents is 1. The molecule has 0 aliphatic rings. The first-order valence-corrected chi connectivity index (χ1v) is 6.93. The highest BCUT2D eigenvalue weighted by Crippen LogP contribution is 2.29. The highest BCUT2D eigenvalue weighted by molar-refractivity contribution is 6.33. The maximum Gasteiger partial charge on any atom is 0.413 e. The van der Waals surface area contributed by atoms with Crippen molar-refractivity contribution < 1.29 is 14.5 Å². The molecule has 0 aliphatic heterocycles. The molecule has 0 aromatic heterocycles. The Balaban J connectivity index is 2.15. The predicted molar refractivity (Wildman–Crippen MR) is 88.6 cm³/mol. The zero-order valence-corrected chi connectivity index (χ0v) is 13.2. The second-order valence-corrected chi connectivity index (χ2v) is 5.03. The van der Waals surface area contributed by atoms with Gasteiger partial charge in [-0.05, 0) is 30.3 Å². The number of nitrogens with one attached hydrogen (secondary N) is 1. The van der Waals surface area contributed by atoms with Crippen LogP contribution in [0.3, 0.4) is 0 Å². The number of benzene rings is 2. The highest BCUT2D eigenvalue weighted by Gasteiger charge is 2.11. The lowest BCUT2D eigenvalue weighted by Gasteiger charge is -2.16. The Kier molecular flexibility index (Phi) is 5.02. The molecule has 0 spiro atoms. The van der Waals surface area contributed by atoms with Gasteiger partial charge < -0.3 is 10.1 Å². The Labute approximate surface area is 137 Å². The summed E-state index contributed by atoms with van der Waals surface area (Å²) in [6.45, 7) is 0. The average molecular weight is 336 g/mol. The van der Waals surface area contributed by atoms with Crippen LogP contribution in [-0.4, -0.2) is 25.2 Å². The van der Waals surface area contributed by atoms with E-state index in [1.807, 2.05) is 0 Å². The Bertz CT molecular complexity index is 734. The van der Waals surface area contributed by atoms with E-state index in [1.54, 1.807) is 31.3 Å². The average Bonchev–Trinajstić information content (AvgIpc) is 2.55. The van der Waals surface area contributed by atoms with Gasteiger partial charge in [0.15, 0.2) is 0 Å². The monoisotopic (exact) mass is 335 g/mol. The van der Waals surface area contributed by atoms with Gasteiger partial charge in [0.05, 0.1) is 22.7 Å². The van der Waals surface area contributed by atoms with E-state index in [2.05, 4.69) is 10.1 Å². The fraction of sp³-hybridized carbons (Fsp3) is 0.133. The quantitative estimate of drug-likeness (QED) is 0.668. The summed E-state index contributed by atoms with van der Waals surface area (Å²) in [4.78, 5) is 23.0. The molecule has 0 heterocycles. The molecule has 2 aromatic rings. The van der Waals surface area contributed by atoms with E-state index in [4.69, 9.17) is 11.6 Å². The number of anilines is 3. The van der Waals surface area contributed by atoms with Gasteiger partial charge >= 0.3 is 6.09 Å². The van der Waals surface area contributed by atoms with Crippen LogP contribution in [0.4, 0.5) is 27.5 Å². The van der Waals surface area contributed by atoms with Crippen molar-refractivity contribution in [3.63, 3.8) is 0 Å². The van der Waals surface area contributed by atoms with Gasteiger partial charge in [-0.25, -0.2) is 4.79 Å². The zero-order chi connectivity index (χ0) is 17.0. The van der Waals surface area contributed by atoms with Crippen LogP contribution in [0.15, 0.2) is 42.5 Å². The van der Waals surface area contributed by atoms with E-state index in [1.165, 1.54) is 30.2 Å². The molecule has 2 rings (SSSR count). The lowest BCUT2D eigenvalue weighted by Crippen LogP contribution is -2.25. The van der Waals surface area contributed by atoms with Crippen molar-refractivity contribution in [3.8, 4) is 0 Å². The number of carbonyl (C=O) groups is 1. The summed E-state index contributed by atoms with van der Waals surface area (Å²) in [6, 6.07) is 11.2. The first kappa shape index (κ1) is 16.6. The Hall–Kier alpha value is -2.80. The van der Waals surface area contributed by atoms with Gasteiger partial charge in [0.25, 0.3) is 5.69 Å². The molecule has 1 N–H and O–H groups in total. The normalized spacial score (nSPS) is 10.0. The molecule has 8 heteroatoms. The van der Waals surface area contributed by atoms with E-state index >= 15 is 0 Å². The minimum Gasteiger partial charge on any atom is -0.452 e. The topological polar surface area (TPSA) is 84.7 Å². The highest BCUT2D eigenvalue weighted by atomic mass is 35.5. The minimum absolute atomic E-state index is 0.0735. The minimum atomic E-state index is -0.507. The number of nitro groups is 1. The zero-order valence-electron chi connectivity index (χ0n) is 12.4. The van der Waals surface area contributed by atoms with Crippen LogP contribution >= 0.6 is 11.6 Å². The van der Waals surface area contributed by atoms with Crippen LogP contribution in [0, 0.1) is 10.1 Å². The lowest BCUT2D eigenvalue weighted by atomic mass is 10.2. The predicted octanol–water partition coefficient (Wildman–Crippen LogP) is 4.19. The van der Waals surface area contributed by atoms with Gasteiger partial charge in [-0.1, -0.05) is 11.6 Å². The van der Waals surface area contributed by atoms with Crippen LogP contribution in [0.1, 0.15) is 0 Å². The summed E-state index contributed by atoms with van der Waals surface area (Å²) in [5.74, 6) is 0. The third kappa shape index (κ3) is 3.89. The first-order chi connectivity index (χ1) is 10.9. The fourth-order valence-corrected chi connectivity index (χ4v) is 2.11. The summed E-state index contributed by atoms with van der Waals surface area (Å²) >= 11 is 6.03. The van der Waals surface area contributed by atoms with Crippen LogP contribution < -0.4 is 10.2 Å². The van der Waals surface area contributed by atoms with E-state index in [9.17, 15) is 14.9 Å². The van der Waals surface area contributed by atoms with Gasteiger partial charge in [-0.3, -0.25) is 15.0 Å². The lowest BCUT2D eigenvalue weighted by molar-refractivity contribution is -0.384. The van der Waals surface area contributed by atoms with Gasteiger partial charge in [-0.2, -0.15) is 0 Å². The van der Waals surface area contributed by atoms with E-state index in [0.29, 0.717) is 11.4 Å². The summed E-state index contributed by atoms with van der Waals surface area (Å²) in [6.07, 6.45) is -0.468. The second-order valence-electron chi connectivity index (χ2n) is 4.62. The molecule has 0 unspecified atom stereocenters. The molecule has 0 aliphatic carbocycles. The van der Waals surface area contributed by atoms with Crippen LogP contribution in [0.5, 0.6) is 0 Å². The molecule has 0 fully saturated rings. The molecule has 0 atom stereocenters. The number of hydrogen-bond donors (Lipinski definition) is 1. The number of ether oxygens (including phenoxy) is 1. The van der Waals surface area contributed by atoms with Crippen molar-refractivity contribution in [1.29, 1.82) is 0 Å². The number of rotatable bonds is 4. The van der Waals surface area contributed by atoms with Crippen molar-refractivity contribution in [2.75, 3.05) is 24.4 Å². The standard InChI is InChI=1S/C15H14ClN3O4/c1-18(15(20)23-2)11-5-3-10(4-6-11)17-14-8-7-12(19(21)22)9-13(14)16/h3-9,17H,1-2H3. The van der Waals surface area contributed by atoms with Crippen LogP contribution in [-0.2, 0) is 4.74 Å². The SMILES string of the molecule is COC(=O)N(C)c1ccc(Nc2ccc([N+](=O)[O-])cc2Cl)cc1. The molecule has 23 heavy (non-hydrogen) atoms. The number of nitro benzene ring substituents is 1. The van der Waals surface area contributed by atoms with Crippen molar-refractivity contribution in [3.05, 3.63) is 57.6 Å². The summed E-state index contributed by atoms with van der Waals surface area (Å²) in [5.41, 5.74) is 1.86. The third-order valence-corrected chi connectivity index (χ3v) is 3.46. The molecular formula is C15H14ClN3O4. The molecular weight excluding hydrogens is 322 g/mol. The molecule has 2 aromatic carbocycles. The maximum absolute atomic E-state index is 11.4. The van der Waals surface area contributed by atoms with Crippen molar-refractivity contribution in [2.24, 2.45) is 0 Å². The molecule has 120 valence electrons. The fourth-order valence-electron chi connectivity index (χ4n) is 1.89. The van der Waals surface area contributed by atoms with Crippen LogP contribution in [0.2, 0.25) is 5.02 Å². The number of methoxy groups -OCH3 is 1. The number of hydrogen-bond acceptors (Lipinski definition) is 5. The van der Waals surface area contributed by atoms with Crippen molar-refractivity contribution in [2.45, 2.75) is 0 Å². The number of halogens is 1. The second kappa shape index (κ2) is 6.97. The molecule has 0 saturated heterocycles. The van der Waals surface area contributed by atoms with Gasteiger partial charge in [0.2, 0.25) is 0 Å². The smallest absolute Gasteiger partial charge is 0.413 e. The van der Waals surface area contributed by atoms with E-state index < -0.39 is 11.0 Å². The molecule has 0 radical (unpaired) electrons. The summed E-state index contributed by atoms with van der Waals surface area (Å²) < 4.78 is 4.64. The van der Waals surface area contributed by atoms with Gasteiger partial charge in [0, 0.05) is 30.6 Å². The van der Waals surface area contributed by atoms with Crippen molar-refractivity contribution in [1.82, 2.24) is 0 Å². The van der Waals surface area contributed by atoms with Gasteiger partial charge in [-0.15, -0.1) is 0 Å². The summed E-state index contributed by atoms with van der Waals surface area (Å²) in [5, 5.41) is 14.0. The first-order valence-electron chi connectivity index (χ1n) is 6.55. The number of amides is 1. The Morgan fingerprint density at radius 1 is 1.26 bits per heavy atom. The van der Waals surface area contributed by atoms with Crippen molar-refractivity contribution >= 4 is 40.4 Å². The molecule has 1 amide bonds. The maximum atomic E-state index is 11.4. The Morgan fingerprint density at radius 2 is 1.91 bits per heavy atom. The van der Waals surface area contributed by atoms with Crippen LogP contribution in [0.25, 0.3) is 0 Å². The largest absolute Gasteiger partial charge is 0.452 e. The number of carbonyl (C=O) groups excluding carboxylic acids is 1. The van der Waals surface area contributed by atoms with E-state index in [0.717, 1.165) is 5.69 Å². The van der Waals surface area contributed by atoms with Gasteiger partial charge in [0.1, 0.15) is 0 Å². The Morgan fingerprint density at radius 3 is 2.43 bits per heavy atom. The summed E-state index contributed by atoms with van der Waals surface area (Å²) in [7, 11) is 2.91. The molecule has 0 bridgehead atoms. The van der Waals surface area contributed by atoms with E-state index in [-0.39, 0.29) is 10.7 Å². The molecule has 0 saturated carbocycles.